The van der Waals surface area contributed by atoms with Crippen LogP contribution in [0.5, 0.6) is 0 Å². The number of carbonyl (C=O) groups excluding carboxylic acids is 2. The number of ether oxygens (including phenoxy) is 1. The van der Waals surface area contributed by atoms with Crippen LogP contribution >= 0.6 is 0 Å². The van der Waals surface area contributed by atoms with Crippen LogP contribution in [0.3, 0.4) is 0 Å². The van der Waals surface area contributed by atoms with Crippen LogP contribution in [0, 0.1) is 0 Å². The zero-order chi connectivity index (χ0) is 25.4. The molecule has 0 bridgehead atoms. The highest BCUT2D eigenvalue weighted by Gasteiger charge is 2.26. The number of aliphatic hydroxyl groups excluding tert-OH is 2. The van der Waals surface area contributed by atoms with E-state index in [-0.39, 0.29) is 25.1 Å². The Labute approximate surface area is 205 Å². The lowest BCUT2D eigenvalue weighted by atomic mass is 10.0. The van der Waals surface area contributed by atoms with E-state index < -0.39 is 18.1 Å². The van der Waals surface area contributed by atoms with Crippen LogP contribution in [0.1, 0.15) is 122 Å². The molecule has 34 heavy (non-hydrogen) atoms. The largest absolute Gasteiger partial charge is 0.480 e. The summed E-state index contributed by atoms with van der Waals surface area (Å²) in [6, 6.07) is -0.641. The molecule has 8 heteroatoms. The molecular weight excluding hydrogens is 438 g/mol. The van der Waals surface area contributed by atoms with Crippen molar-refractivity contribution in [1.29, 1.82) is 0 Å². The van der Waals surface area contributed by atoms with Gasteiger partial charge in [0, 0.05) is 12.8 Å². The lowest BCUT2D eigenvalue weighted by molar-refractivity contribution is -0.147. The van der Waals surface area contributed by atoms with Gasteiger partial charge in [-0.1, -0.05) is 96.8 Å². The molecule has 0 radical (unpaired) electrons. The second-order valence-electron chi connectivity index (χ2n) is 9.22. The van der Waals surface area contributed by atoms with E-state index in [1.54, 1.807) is 0 Å². The average molecular weight is 488 g/mol. The molecule has 4 N–H and O–H groups in total. The normalized spacial score (nSPS) is 15.9. The quantitative estimate of drug-likeness (QED) is 0.147. The zero-order valence-electron chi connectivity index (χ0n) is 21.3. The molecule has 0 saturated carbocycles. The molecule has 2 unspecified atom stereocenters. The molecule has 2 atom stereocenters. The van der Waals surface area contributed by atoms with E-state index in [0.717, 1.165) is 12.8 Å². The van der Waals surface area contributed by atoms with Crippen molar-refractivity contribution in [3.8, 4) is 0 Å². The van der Waals surface area contributed by atoms with Crippen molar-refractivity contribution in [2.24, 2.45) is 0 Å². The maximum Gasteiger partial charge on any atom is 0.326 e. The molecule has 1 aliphatic heterocycles. The van der Waals surface area contributed by atoms with Crippen LogP contribution in [0.2, 0.25) is 0 Å². The maximum atomic E-state index is 11.4. The Kier molecular flexibility index (Phi) is 22.0. The van der Waals surface area contributed by atoms with Crippen LogP contribution in [0.15, 0.2) is 0 Å². The van der Waals surface area contributed by atoms with Gasteiger partial charge in [-0.2, -0.15) is 0 Å². The van der Waals surface area contributed by atoms with Crippen molar-refractivity contribution >= 4 is 17.8 Å². The first-order chi connectivity index (χ1) is 16.4. The summed E-state index contributed by atoms with van der Waals surface area (Å²) in [5, 5.41) is 28.3. The topological polar surface area (TPSA) is 133 Å². The first kappa shape index (κ1) is 32.3. The standard InChI is InChI=1S/C21H42O4.C5H7NO3/c1-2-3-4-5-6-7-8-9-10-11-12-13-14-15-16-17-21(24)25-19-20(23)18-22;7-4-2-1-3(6-4)5(8)9/h20,22-23H,2-19H2,1H3;3H,1-2H2,(H,6,7)(H,8,9). The lowest BCUT2D eigenvalue weighted by Crippen LogP contribution is -2.32. The van der Waals surface area contributed by atoms with Gasteiger partial charge in [-0.15, -0.1) is 0 Å². The van der Waals surface area contributed by atoms with E-state index in [4.69, 9.17) is 20.1 Å². The molecule has 1 aliphatic rings. The molecule has 1 saturated heterocycles. The molecule has 0 aromatic heterocycles. The van der Waals surface area contributed by atoms with Crippen molar-refractivity contribution in [2.45, 2.75) is 135 Å². The first-order valence-corrected chi connectivity index (χ1v) is 13.4. The zero-order valence-corrected chi connectivity index (χ0v) is 21.3. The number of carbonyl (C=O) groups is 3. The van der Waals surface area contributed by atoms with E-state index in [9.17, 15) is 14.4 Å². The van der Waals surface area contributed by atoms with Gasteiger partial charge >= 0.3 is 11.9 Å². The molecule has 1 rings (SSSR count). The Morgan fingerprint density at radius 2 is 1.38 bits per heavy atom. The van der Waals surface area contributed by atoms with Crippen molar-refractivity contribution in [2.75, 3.05) is 13.2 Å². The third-order valence-electron chi connectivity index (χ3n) is 5.93. The van der Waals surface area contributed by atoms with Gasteiger partial charge in [0.25, 0.3) is 0 Å². The predicted octanol–water partition coefficient (Wildman–Crippen LogP) is 4.49. The minimum absolute atomic E-state index is 0.103. The van der Waals surface area contributed by atoms with E-state index in [0.29, 0.717) is 19.3 Å². The molecule has 0 aromatic carbocycles. The van der Waals surface area contributed by atoms with Crippen LogP contribution in [0.25, 0.3) is 0 Å². The number of carboxylic acid groups (broad SMARTS) is 1. The number of nitrogens with one attached hydrogen (secondary N) is 1. The minimum atomic E-state index is -0.954. The van der Waals surface area contributed by atoms with Gasteiger partial charge in [-0.05, 0) is 12.8 Å². The van der Waals surface area contributed by atoms with E-state index in [1.165, 1.54) is 83.5 Å². The third-order valence-corrected chi connectivity index (χ3v) is 5.93. The summed E-state index contributed by atoms with van der Waals surface area (Å²) in [7, 11) is 0. The van der Waals surface area contributed by atoms with Gasteiger partial charge in [0.15, 0.2) is 0 Å². The van der Waals surface area contributed by atoms with Crippen molar-refractivity contribution in [3.63, 3.8) is 0 Å². The van der Waals surface area contributed by atoms with Gasteiger partial charge in [0.2, 0.25) is 5.91 Å². The van der Waals surface area contributed by atoms with E-state index in [2.05, 4.69) is 12.2 Å². The highest BCUT2D eigenvalue weighted by molar-refractivity contribution is 5.87. The molecule has 0 aromatic rings. The van der Waals surface area contributed by atoms with Crippen LogP contribution < -0.4 is 5.32 Å². The Balaban J connectivity index is 0.000000999. The molecule has 1 fully saturated rings. The van der Waals surface area contributed by atoms with Crippen LogP contribution in [-0.2, 0) is 19.1 Å². The Bertz CT molecular complexity index is 527. The second-order valence-corrected chi connectivity index (χ2v) is 9.22. The summed E-state index contributed by atoms with van der Waals surface area (Å²) in [5.41, 5.74) is 0. The number of unbranched alkanes of at least 4 members (excludes halogenated alkanes) is 14. The fourth-order valence-electron chi connectivity index (χ4n) is 3.75. The molecule has 1 amide bonds. The molecule has 8 nitrogen and oxygen atoms in total. The highest BCUT2D eigenvalue weighted by Crippen LogP contribution is 2.13. The van der Waals surface area contributed by atoms with Crippen LogP contribution in [0.4, 0.5) is 0 Å². The number of aliphatic hydroxyl groups is 2. The molecule has 1 heterocycles. The van der Waals surface area contributed by atoms with Gasteiger partial charge in [0.05, 0.1) is 6.61 Å². The summed E-state index contributed by atoms with van der Waals surface area (Å²) >= 11 is 0. The summed E-state index contributed by atoms with van der Waals surface area (Å²) in [6.45, 7) is 1.79. The van der Waals surface area contributed by atoms with Crippen molar-refractivity contribution < 1.29 is 34.4 Å². The third kappa shape index (κ3) is 20.9. The molecule has 0 aliphatic carbocycles. The molecular formula is C26H49NO7. The number of hydrogen-bond acceptors (Lipinski definition) is 6. The number of aliphatic carboxylic acids is 1. The fourth-order valence-corrected chi connectivity index (χ4v) is 3.75. The minimum Gasteiger partial charge on any atom is -0.480 e. The number of carboxylic acids is 1. The SMILES string of the molecule is CCCCCCCCCCCCCCCCCC(=O)OCC(O)CO.O=C1CCC(C(=O)O)N1. The smallest absolute Gasteiger partial charge is 0.326 e. The summed E-state index contributed by atoms with van der Waals surface area (Å²) < 4.78 is 4.86. The van der Waals surface area contributed by atoms with Gasteiger partial charge in [-0.25, -0.2) is 4.79 Å². The maximum absolute atomic E-state index is 11.4. The summed E-state index contributed by atoms with van der Waals surface area (Å²) in [4.78, 5) is 31.9. The number of rotatable bonds is 20. The first-order valence-electron chi connectivity index (χ1n) is 13.4. The Morgan fingerprint density at radius 1 is 0.912 bits per heavy atom. The van der Waals surface area contributed by atoms with Crippen molar-refractivity contribution in [1.82, 2.24) is 5.32 Å². The Morgan fingerprint density at radius 3 is 1.74 bits per heavy atom. The van der Waals surface area contributed by atoms with E-state index >= 15 is 0 Å². The fraction of sp³-hybridized carbons (Fsp3) is 0.885. The summed E-state index contributed by atoms with van der Waals surface area (Å²) in [6.07, 6.45) is 19.8. The van der Waals surface area contributed by atoms with Gasteiger partial charge in [0.1, 0.15) is 18.8 Å². The number of hydrogen-bond donors (Lipinski definition) is 4. The van der Waals surface area contributed by atoms with E-state index in [1.807, 2.05) is 0 Å². The molecule has 0 spiro atoms. The predicted molar refractivity (Wildman–Crippen MR) is 132 cm³/mol. The lowest BCUT2D eigenvalue weighted by Gasteiger charge is -2.08. The molecule has 200 valence electrons. The number of esters is 1. The highest BCUT2D eigenvalue weighted by atomic mass is 16.5. The average Bonchev–Trinajstić information content (AvgIpc) is 3.27. The van der Waals surface area contributed by atoms with Gasteiger partial charge in [-0.3, -0.25) is 9.59 Å². The van der Waals surface area contributed by atoms with Crippen molar-refractivity contribution in [3.05, 3.63) is 0 Å². The van der Waals surface area contributed by atoms with Gasteiger partial charge < -0.3 is 25.4 Å². The van der Waals surface area contributed by atoms with Crippen LogP contribution in [-0.4, -0.2) is 58.5 Å². The number of amides is 1. The monoisotopic (exact) mass is 487 g/mol. The Hall–Kier alpha value is -1.67. The second kappa shape index (κ2) is 23.1. The summed E-state index contributed by atoms with van der Waals surface area (Å²) in [5.74, 6) is -1.38.